The van der Waals surface area contributed by atoms with Crippen molar-refractivity contribution >= 4 is 41.7 Å². The Kier molecular flexibility index (Phi) is 12.5. The monoisotopic (exact) mass is 483 g/mol. The quantitative estimate of drug-likeness (QED) is 0.261. The van der Waals surface area contributed by atoms with Gasteiger partial charge in [0.05, 0.1) is 0 Å². The zero-order valence-electron chi connectivity index (χ0n) is 16.4. The number of likely N-dealkylation sites (N-methyl/N-ethyl adjacent to an activating group) is 1. The van der Waals surface area contributed by atoms with E-state index in [1.807, 2.05) is 7.05 Å². The number of hydrogen-bond donors (Lipinski definition) is 1. The van der Waals surface area contributed by atoms with E-state index in [0.717, 1.165) is 30.8 Å². The Morgan fingerprint density at radius 3 is 2.44 bits per heavy atom. The van der Waals surface area contributed by atoms with Crippen LogP contribution in [0.3, 0.4) is 0 Å². The van der Waals surface area contributed by atoms with Gasteiger partial charge in [-0.05, 0) is 32.4 Å². The van der Waals surface area contributed by atoms with Crippen molar-refractivity contribution < 1.29 is 0 Å². The van der Waals surface area contributed by atoms with E-state index in [0.29, 0.717) is 0 Å². The molecule has 7 heteroatoms. The standard InChI is InChI=1S/C18H37N5S.HI/c1-4-17-16-23(14-15-24-17)18(19-3)20-8-6-7-9-22-12-10-21(5-2)11-13-22;/h17H,4-16H2,1-3H3,(H,19,20);1H. The van der Waals surface area contributed by atoms with Crippen molar-refractivity contribution in [1.82, 2.24) is 20.0 Å². The van der Waals surface area contributed by atoms with Gasteiger partial charge in [0.25, 0.3) is 0 Å². The average molecular weight is 484 g/mol. The van der Waals surface area contributed by atoms with Crippen molar-refractivity contribution in [2.45, 2.75) is 38.4 Å². The van der Waals surface area contributed by atoms with Gasteiger partial charge in [0, 0.05) is 63.9 Å². The van der Waals surface area contributed by atoms with E-state index >= 15 is 0 Å². The number of nitrogens with zero attached hydrogens (tertiary/aromatic N) is 4. The SMILES string of the molecule is CCC1CN(C(=NC)NCCCCN2CCN(CC)CC2)CCS1.I. The van der Waals surface area contributed by atoms with Crippen molar-refractivity contribution in [3.63, 3.8) is 0 Å². The summed E-state index contributed by atoms with van der Waals surface area (Å²) in [4.78, 5) is 12.1. The van der Waals surface area contributed by atoms with E-state index in [9.17, 15) is 0 Å². The predicted octanol–water partition coefficient (Wildman–Crippen LogP) is 2.42. The second kappa shape index (κ2) is 13.4. The summed E-state index contributed by atoms with van der Waals surface area (Å²) in [5, 5.41) is 4.34. The van der Waals surface area contributed by atoms with Gasteiger partial charge in [-0.2, -0.15) is 11.8 Å². The average Bonchev–Trinajstić information content (AvgIpc) is 2.65. The summed E-state index contributed by atoms with van der Waals surface area (Å²) in [6.07, 6.45) is 3.76. The van der Waals surface area contributed by atoms with Crippen molar-refractivity contribution in [2.24, 2.45) is 4.99 Å². The maximum absolute atomic E-state index is 4.49. The Morgan fingerprint density at radius 1 is 1.08 bits per heavy atom. The Hall–Kier alpha value is 0.270. The molecule has 0 aromatic carbocycles. The Balaban J connectivity index is 0.00000312. The largest absolute Gasteiger partial charge is 0.356 e. The number of hydrogen-bond acceptors (Lipinski definition) is 4. The molecule has 0 bridgehead atoms. The summed E-state index contributed by atoms with van der Waals surface area (Å²) in [6, 6.07) is 0. The summed E-state index contributed by atoms with van der Waals surface area (Å²) >= 11 is 2.11. The minimum atomic E-state index is 0. The van der Waals surface area contributed by atoms with Gasteiger partial charge < -0.3 is 20.0 Å². The van der Waals surface area contributed by atoms with E-state index in [1.54, 1.807) is 0 Å². The van der Waals surface area contributed by atoms with E-state index in [2.05, 4.69) is 50.6 Å². The fourth-order valence-corrected chi connectivity index (χ4v) is 4.66. The van der Waals surface area contributed by atoms with Gasteiger partial charge >= 0.3 is 0 Å². The second-order valence-corrected chi connectivity index (χ2v) is 8.21. The topological polar surface area (TPSA) is 34.1 Å². The first kappa shape index (κ1) is 23.3. The van der Waals surface area contributed by atoms with Crippen LogP contribution in [0.1, 0.15) is 33.1 Å². The third kappa shape index (κ3) is 8.22. The summed E-state index contributed by atoms with van der Waals surface area (Å²) in [5.74, 6) is 2.33. The fourth-order valence-electron chi connectivity index (χ4n) is 3.48. The lowest BCUT2D eigenvalue weighted by Gasteiger charge is -2.34. The number of piperazine rings is 1. The molecule has 148 valence electrons. The molecule has 2 fully saturated rings. The first-order valence-corrected chi connectivity index (χ1v) is 10.8. The first-order valence-electron chi connectivity index (χ1n) is 9.78. The number of nitrogens with one attached hydrogen (secondary N) is 1. The van der Waals surface area contributed by atoms with E-state index < -0.39 is 0 Å². The molecule has 1 unspecified atom stereocenters. The molecule has 0 aromatic rings. The molecule has 0 aliphatic carbocycles. The molecule has 2 heterocycles. The molecule has 2 saturated heterocycles. The zero-order chi connectivity index (χ0) is 17.2. The number of thioether (sulfide) groups is 1. The molecule has 2 aliphatic heterocycles. The molecule has 25 heavy (non-hydrogen) atoms. The highest BCUT2D eigenvalue weighted by molar-refractivity contribution is 14.0. The van der Waals surface area contributed by atoms with Gasteiger partial charge in [-0.3, -0.25) is 4.99 Å². The Bertz CT molecular complexity index is 374. The van der Waals surface area contributed by atoms with E-state index in [-0.39, 0.29) is 24.0 Å². The molecule has 0 amide bonds. The predicted molar refractivity (Wildman–Crippen MR) is 123 cm³/mol. The van der Waals surface area contributed by atoms with Crippen LogP contribution in [0.15, 0.2) is 4.99 Å². The molecule has 1 N–H and O–H groups in total. The summed E-state index contributed by atoms with van der Waals surface area (Å²) in [7, 11) is 1.91. The maximum atomic E-state index is 4.49. The number of guanidine groups is 1. The highest BCUT2D eigenvalue weighted by atomic mass is 127. The summed E-state index contributed by atoms with van der Waals surface area (Å²) < 4.78 is 0. The van der Waals surface area contributed by atoms with Gasteiger partial charge in [0.2, 0.25) is 0 Å². The minimum Gasteiger partial charge on any atom is -0.356 e. The second-order valence-electron chi connectivity index (χ2n) is 6.80. The third-order valence-corrected chi connectivity index (χ3v) is 6.57. The Morgan fingerprint density at radius 2 is 1.80 bits per heavy atom. The van der Waals surface area contributed by atoms with Crippen LogP contribution < -0.4 is 5.32 Å². The Labute approximate surface area is 176 Å². The maximum Gasteiger partial charge on any atom is 0.193 e. The molecular weight excluding hydrogens is 445 g/mol. The van der Waals surface area contributed by atoms with Crippen molar-refractivity contribution in [3.8, 4) is 0 Å². The van der Waals surface area contributed by atoms with Crippen molar-refractivity contribution in [3.05, 3.63) is 0 Å². The molecule has 2 aliphatic rings. The first-order chi connectivity index (χ1) is 11.8. The summed E-state index contributed by atoms with van der Waals surface area (Å²) in [6.45, 7) is 15.3. The lowest BCUT2D eigenvalue weighted by atomic mass is 10.2. The van der Waals surface area contributed by atoms with Crippen LogP contribution in [0.5, 0.6) is 0 Å². The fraction of sp³-hybridized carbons (Fsp3) is 0.944. The van der Waals surface area contributed by atoms with Gasteiger partial charge in [0.1, 0.15) is 0 Å². The normalized spacial score (nSPS) is 23.4. The lowest BCUT2D eigenvalue weighted by Crippen LogP contribution is -2.48. The summed E-state index contributed by atoms with van der Waals surface area (Å²) in [5.41, 5.74) is 0. The number of halogens is 1. The van der Waals surface area contributed by atoms with Crippen molar-refractivity contribution in [1.29, 1.82) is 0 Å². The number of unbranched alkanes of at least 4 members (excludes halogenated alkanes) is 1. The van der Waals surface area contributed by atoms with Gasteiger partial charge in [-0.15, -0.1) is 24.0 Å². The van der Waals surface area contributed by atoms with Gasteiger partial charge in [-0.25, -0.2) is 0 Å². The number of aliphatic imine (C=N–C) groups is 1. The van der Waals surface area contributed by atoms with E-state index in [1.165, 1.54) is 64.3 Å². The van der Waals surface area contributed by atoms with Crippen LogP contribution in [0, 0.1) is 0 Å². The van der Waals surface area contributed by atoms with Crippen molar-refractivity contribution in [2.75, 3.05) is 71.7 Å². The van der Waals surface area contributed by atoms with Gasteiger partial charge in [0.15, 0.2) is 5.96 Å². The highest BCUT2D eigenvalue weighted by Crippen LogP contribution is 2.20. The van der Waals surface area contributed by atoms with Crippen LogP contribution >= 0.6 is 35.7 Å². The molecule has 0 spiro atoms. The third-order valence-electron chi connectivity index (χ3n) is 5.20. The van der Waals surface area contributed by atoms with Crippen LogP contribution in [0.4, 0.5) is 0 Å². The lowest BCUT2D eigenvalue weighted by molar-refractivity contribution is 0.136. The molecule has 1 atom stereocenters. The molecule has 0 aromatic heterocycles. The molecule has 5 nitrogen and oxygen atoms in total. The van der Waals surface area contributed by atoms with Crippen LogP contribution in [0.25, 0.3) is 0 Å². The smallest absolute Gasteiger partial charge is 0.193 e. The minimum absolute atomic E-state index is 0. The molecule has 0 saturated carbocycles. The highest BCUT2D eigenvalue weighted by Gasteiger charge is 2.21. The molecular formula is C18H38IN5S. The van der Waals surface area contributed by atoms with Gasteiger partial charge in [-0.1, -0.05) is 13.8 Å². The molecule has 0 radical (unpaired) electrons. The van der Waals surface area contributed by atoms with Crippen LogP contribution in [-0.4, -0.2) is 97.6 Å². The van der Waals surface area contributed by atoms with Crippen LogP contribution in [0.2, 0.25) is 0 Å². The van der Waals surface area contributed by atoms with Crippen LogP contribution in [-0.2, 0) is 0 Å². The van der Waals surface area contributed by atoms with E-state index in [4.69, 9.17) is 0 Å². The zero-order valence-corrected chi connectivity index (χ0v) is 19.5. The number of rotatable bonds is 7. The molecule has 2 rings (SSSR count).